The standard InChI is InChI=1S/C16H14ClN3O/c1-11-5-6-14(13(17)8-11)19-16(21)9-12-10-20-7-3-2-4-15(20)18-12/h2-8,10H,9H2,1H3,(H,19,21). The Hall–Kier alpha value is -2.33. The number of anilines is 1. The quantitative estimate of drug-likeness (QED) is 0.805. The lowest BCUT2D eigenvalue weighted by Crippen LogP contribution is -2.14. The fraction of sp³-hybridized carbons (Fsp3) is 0.125. The van der Waals surface area contributed by atoms with Gasteiger partial charge in [0, 0.05) is 12.4 Å². The highest BCUT2D eigenvalue weighted by Crippen LogP contribution is 2.22. The third kappa shape index (κ3) is 3.06. The molecule has 2 heterocycles. The van der Waals surface area contributed by atoms with Crippen LogP contribution in [0, 0.1) is 6.92 Å². The Morgan fingerprint density at radius 3 is 2.95 bits per heavy atom. The summed E-state index contributed by atoms with van der Waals surface area (Å²) in [6.45, 7) is 1.95. The number of aromatic nitrogens is 2. The number of nitrogens with zero attached hydrogens (tertiary/aromatic N) is 2. The number of halogens is 1. The van der Waals surface area contributed by atoms with E-state index in [9.17, 15) is 4.79 Å². The first kappa shape index (κ1) is 13.6. The van der Waals surface area contributed by atoms with Crippen LogP contribution in [-0.4, -0.2) is 15.3 Å². The summed E-state index contributed by atoms with van der Waals surface area (Å²) in [6, 6.07) is 11.3. The van der Waals surface area contributed by atoms with Gasteiger partial charge in [0.15, 0.2) is 0 Å². The SMILES string of the molecule is Cc1ccc(NC(=O)Cc2cn3ccccc3n2)c(Cl)c1. The molecule has 5 heteroatoms. The van der Waals surface area contributed by atoms with Crippen LogP contribution >= 0.6 is 11.6 Å². The summed E-state index contributed by atoms with van der Waals surface area (Å²) in [5, 5.41) is 3.35. The third-order valence-electron chi connectivity index (χ3n) is 3.15. The second-order valence-electron chi connectivity index (χ2n) is 4.91. The Bertz CT molecular complexity index is 777. The van der Waals surface area contributed by atoms with Crippen molar-refractivity contribution in [3.8, 4) is 0 Å². The number of imidazole rings is 1. The van der Waals surface area contributed by atoms with E-state index in [-0.39, 0.29) is 12.3 Å². The fourth-order valence-electron chi connectivity index (χ4n) is 2.15. The number of aryl methyl sites for hydroxylation is 1. The number of amides is 1. The Morgan fingerprint density at radius 2 is 2.19 bits per heavy atom. The maximum absolute atomic E-state index is 12.1. The Kier molecular flexibility index (Phi) is 3.62. The van der Waals surface area contributed by atoms with E-state index in [1.54, 1.807) is 6.07 Å². The number of hydrogen-bond donors (Lipinski definition) is 1. The summed E-state index contributed by atoms with van der Waals surface area (Å²) in [4.78, 5) is 16.5. The Labute approximate surface area is 127 Å². The van der Waals surface area contributed by atoms with E-state index >= 15 is 0 Å². The zero-order chi connectivity index (χ0) is 14.8. The van der Waals surface area contributed by atoms with E-state index in [0.717, 1.165) is 16.9 Å². The van der Waals surface area contributed by atoms with Crippen LogP contribution in [0.25, 0.3) is 5.65 Å². The summed E-state index contributed by atoms with van der Waals surface area (Å²) < 4.78 is 1.89. The minimum Gasteiger partial charge on any atom is -0.324 e. The first-order chi connectivity index (χ1) is 10.1. The number of rotatable bonds is 3. The molecule has 3 aromatic rings. The smallest absolute Gasteiger partial charge is 0.230 e. The molecule has 0 aliphatic carbocycles. The first-order valence-corrected chi connectivity index (χ1v) is 6.98. The Balaban J connectivity index is 1.74. The van der Waals surface area contributed by atoms with E-state index in [0.29, 0.717) is 10.7 Å². The maximum atomic E-state index is 12.1. The van der Waals surface area contributed by atoms with Crippen LogP contribution in [0.5, 0.6) is 0 Å². The van der Waals surface area contributed by atoms with Crippen molar-refractivity contribution in [2.45, 2.75) is 13.3 Å². The molecule has 0 radical (unpaired) electrons. The molecule has 2 aromatic heterocycles. The summed E-state index contributed by atoms with van der Waals surface area (Å²) in [7, 11) is 0. The van der Waals surface area contributed by atoms with Gasteiger partial charge in [-0.2, -0.15) is 0 Å². The molecule has 0 aliphatic rings. The van der Waals surface area contributed by atoms with Crippen LogP contribution in [0.1, 0.15) is 11.3 Å². The molecule has 0 saturated heterocycles. The van der Waals surface area contributed by atoms with Crippen LogP contribution in [0.4, 0.5) is 5.69 Å². The van der Waals surface area contributed by atoms with Crippen LogP contribution in [-0.2, 0) is 11.2 Å². The number of carbonyl (C=O) groups is 1. The van der Waals surface area contributed by atoms with Crippen LogP contribution in [0.15, 0.2) is 48.8 Å². The summed E-state index contributed by atoms with van der Waals surface area (Å²) >= 11 is 6.11. The van der Waals surface area contributed by atoms with Crippen molar-refractivity contribution in [3.63, 3.8) is 0 Å². The monoisotopic (exact) mass is 299 g/mol. The highest BCUT2D eigenvalue weighted by atomic mass is 35.5. The van der Waals surface area contributed by atoms with Gasteiger partial charge in [0.2, 0.25) is 5.91 Å². The average Bonchev–Trinajstić information content (AvgIpc) is 2.84. The molecule has 106 valence electrons. The van der Waals surface area contributed by atoms with Gasteiger partial charge in [0.05, 0.1) is 22.8 Å². The van der Waals surface area contributed by atoms with Gasteiger partial charge in [-0.15, -0.1) is 0 Å². The second kappa shape index (κ2) is 5.58. The minimum atomic E-state index is -0.135. The van der Waals surface area contributed by atoms with Gasteiger partial charge < -0.3 is 9.72 Å². The van der Waals surface area contributed by atoms with Crippen molar-refractivity contribution >= 4 is 28.8 Å². The molecule has 1 aromatic carbocycles. The van der Waals surface area contributed by atoms with E-state index in [1.807, 2.05) is 54.0 Å². The molecule has 0 unspecified atom stereocenters. The molecule has 1 N–H and O–H groups in total. The van der Waals surface area contributed by atoms with Crippen molar-refractivity contribution in [1.29, 1.82) is 0 Å². The zero-order valence-electron chi connectivity index (χ0n) is 11.5. The number of carbonyl (C=O) groups excluding carboxylic acids is 1. The largest absolute Gasteiger partial charge is 0.324 e. The van der Waals surface area contributed by atoms with Crippen molar-refractivity contribution in [2.24, 2.45) is 0 Å². The molecular weight excluding hydrogens is 286 g/mol. The van der Waals surface area contributed by atoms with Crippen molar-refractivity contribution in [3.05, 3.63) is 65.1 Å². The summed E-state index contributed by atoms with van der Waals surface area (Å²) in [5.74, 6) is -0.135. The van der Waals surface area contributed by atoms with Crippen LogP contribution < -0.4 is 5.32 Å². The molecule has 0 spiro atoms. The second-order valence-corrected chi connectivity index (χ2v) is 5.31. The zero-order valence-corrected chi connectivity index (χ0v) is 12.3. The predicted octanol–water partition coefficient (Wildman–Crippen LogP) is 3.48. The first-order valence-electron chi connectivity index (χ1n) is 6.60. The molecule has 4 nitrogen and oxygen atoms in total. The van der Waals surface area contributed by atoms with Gasteiger partial charge in [-0.1, -0.05) is 23.7 Å². The molecule has 21 heavy (non-hydrogen) atoms. The average molecular weight is 300 g/mol. The van der Waals surface area contributed by atoms with E-state index < -0.39 is 0 Å². The number of benzene rings is 1. The molecular formula is C16H14ClN3O. The van der Waals surface area contributed by atoms with Crippen molar-refractivity contribution in [2.75, 3.05) is 5.32 Å². The lowest BCUT2D eigenvalue weighted by Gasteiger charge is -2.06. The minimum absolute atomic E-state index is 0.135. The normalized spacial score (nSPS) is 10.8. The molecule has 0 fully saturated rings. The van der Waals surface area contributed by atoms with E-state index in [2.05, 4.69) is 10.3 Å². The summed E-state index contributed by atoms with van der Waals surface area (Å²) in [5.41, 5.74) is 3.23. The van der Waals surface area contributed by atoms with Crippen molar-refractivity contribution in [1.82, 2.24) is 9.38 Å². The summed E-state index contributed by atoms with van der Waals surface area (Å²) in [6.07, 6.45) is 3.97. The van der Waals surface area contributed by atoms with Gasteiger partial charge >= 0.3 is 0 Å². The highest BCUT2D eigenvalue weighted by Gasteiger charge is 2.09. The van der Waals surface area contributed by atoms with Gasteiger partial charge in [0.25, 0.3) is 0 Å². The molecule has 3 rings (SSSR count). The fourth-order valence-corrected chi connectivity index (χ4v) is 2.44. The van der Waals surface area contributed by atoms with Crippen LogP contribution in [0.3, 0.4) is 0 Å². The lowest BCUT2D eigenvalue weighted by molar-refractivity contribution is -0.115. The van der Waals surface area contributed by atoms with Crippen LogP contribution in [0.2, 0.25) is 5.02 Å². The number of hydrogen-bond acceptors (Lipinski definition) is 2. The van der Waals surface area contributed by atoms with Gasteiger partial charge in [-0.3, -0.25) is 4.79 Å². The predicted molar refractivity (Wildman–Crippen MR) is 83.7 cm³/mol. The number of nitrogens with one attached hydrogen (secondary N) is 1. The highest BCUT2D eigenvalue weighted by molar-refractivity contribution is 6.33. The van der Waals surface area contributed by atoms with E-state index in [4.69, 9.17) is 11.6 Å². The number of fused-ring (bicyclic) bond motifs is 1. The topological polar surface area (TPSA) is 46.4 Å². The van der Waals surface area contributed by atoms with Gasteiger partial charge in [-0.25, -0.2) is 4.98 Å². The lowest BCUT2D eigenvalue weighted by atomic mass is 10.2. The molecule has 0 bridgehead atoms. The van der Waals surface area contributed by atoms with E-state index in [1.165, 1.54) is 0 Å². The maximum Gasteiger partial charge on any atom is 0.230 e. The van der Waals surface area contributed by atoms with Crippen molar-refractivity contribution < 1.29 is 4.79 Å². The third-order valence-corrected chi connectivity index (χ3v) is 3.47. The Morgan fingerprint density at radius 1 is 1.33 bits per heavy atom. The van der Waals surface area contributed by atoms with Gasteiger partial charge in [0.1, 0.15) is 5.65 Å². The number of pyridine rings is 1. The molecule has 0 atom stereocenters. The molecule has 0 aliphatic heterocycles. The molecule has 0 saturated carbocycles. The molecule has 1 amide bonds. The van der Waals surface area contributed by atoms with Gasteiger partial charge in [-0.05, 0) is 36.8 Å².